The third kappa shape index (κ3) is 4.01. The van der Waals surface area contributed by atoms with E-state index >= 15 is 0 Å². The fourth-order valence-electron chi connectivity index (χ4n) is 4.05. The number of anilines is 1. The van der Waals surface area contributed by atoms with Crippen molar-refractivity contribution in [1.82, 2.24) is 10.3 Å². The molecular weight excluding hydrogens is 406 g/mol. The van der Waals surface area contributed by atoms with Crippen LogP contribution in [-0.4, -0.2) is 31.0 Å². The van der Waals surface area contributed by atoms with Crippen molar-refractivity contribution >= 4 is 17.5 Å². The molecule has 0 spiro atoms. The molecule has 0 aliphatic carbocycles. The first kappa shape index (κ1) is 21.4. The Morgan fingerprint density at radius 1 is 1.09 bits per heavy atom. The van der Waals surface area contributed by atoms with E-state index in [4.69, 9.17) is 9.47 Å². The zero-order valence-corrected chi connectivity index (χ0v) is 18.3. The molecule has 4 rings (SSSR count). The molecule has 0 fully saturated rings. The summed E-state index contributed by atoms with van der Waals surface area (Å²) in [5.74, 6) is 0.846. The fraction of sp³-hybridized carbons (Fsp3) is 0.240. The van der Waals surface area contributed by atoms with Crippen LogP contribution in [0, 0.1) is 6.92 Å². The predicted molar refractivity (Wildman–Crippen MR) is 121 cm³/mol. The van der Waals surface area contributed by atoms with Crippen LogP contribution in [-0.2, 0) is 11.3 Å². The Kier molecular flexibility index (Phi) is 6.07. The van der Waals surface area contributed by atoms with Gasteiger partial charge in [-0.1, -0.05) is 24.3 Å². The van der Waals surface area contributed by atoms with E-state index in [1.54, 1.807) is 43.5 Å². The van der Waals surface area contributed by atoms with Crippen molar-refractivity contribution in [2.75, 3.05) is 19.1 Å². The highest BCUT2D eigenvalue weighted by molar-refractivity contribution is 6.11. The third-order valence-corrected chi connectivity index (χ3v) is 5.53. The first-order valence-corrected chi connectivity index (χ1v) is 10.3. The molecule has 2 amide bonds. The Hall–Kier alpha value is -3.87. The first-order valence-electron chi connectivity index (χ1n) is 10.3. The second-order valence-electron chi connectivity index (χ2n) is 7.60. The molecule has 1 aliphatic heterocycles. The van der Waals surface area contributed by atoms with Gasteiger partial charge in [0.25, 0.3) is 5.91 Å². The minimum atomic E-state index is -0.479. The van der Waals surface area contributed by atoms with Gasteiger partial charge >= 0.3 is 0 Å². The second-order valence-corrected chi connectivity index (χ2v) is 7.60. The summed E-state index contributed by atoms with van der Waals surface area (Å²) >= 11 is 0. The van der Waals surface area contributed by atoms with Crippen molar-refractivity contribution in [3.8, 4) is 11.5 Å². The van der Waals surface area contributed by atoms with Gasteiger partial charge in [0.1, 0.15) is 0 Å². The summed E-state index contributed by atoms with van der Waals surface area (Å²) in [5, 5.41) is 2.94. The molecule has 32 heavy (non-hydrogen) atoms. The number of benzene rings is 2. The summed E-state index contributed by atoms with van der Waals surface area (Å²) in [6.45, 7) is 2.25. The zero-order valence-electron chi connectivity index (χ0n) is 18.3. The van der Waals surface area contributed by atoms with Crippen LogP contribution in [0.25, 0.3) is 0 Å². The van der Waals surface area contributed by atoms with Gasteiger partial charge in [-0.05, 0) is 42.8 Å². The van der Waals surface area contributed by atoms with Gasteiger partial charge in [-0.15, -0.1) is 0 Å². The number of carbonyl (C=O) groups is 2. The average Bonchev–Trinajstić information content (AvgIpc) is 3.08. The molecule has 0 saturated heterocycles. The van der Waals surface area contributed by atoms with Crippen LogP contribution in [0.15, 0.2) is 60.8 Å². The number of aromatic nitrogens is 1. The molecule has 2 aromatic carbocycles. The van der Waals surface area contributed by atoms with Crippen molar-refractivity contribution in [1.29, 1.82) is 0 Å². The summed E-state index contributed by atoms with van der Waals surface area (Å²) in [6.07, 6.45) is 1.74. The highest BCUT2D eigenvalue weighted by Gasteiger charge is 2.39. The lowest BCUT2D eigenvalue weighted by Gasteiger charge is -2.25. The number of methoxy groups -OCH3 is 2. The molecule has 1 N–H and O–H groups in total. The van der Waals surface area contributed by atoms with Gasteiger partial charge in [0.15, 0.2) is 11.5 Å². The second kappa shape index (κ2) is 9.09. The van der Waals surface area contributed by atoms with Gasteiger partial charge < -0.3 is 14.8 Å². The Morgan fingerprint density at radius 3 is 2.66 bits per heavy atom. The van der Waals surface area contributed by atoms with E-state index in [1.807, 2.05) is 43.3 Å². The van der Waals surface area contributed by atoms with Gasteiger partial charge in [-0.3, -0.25) is 19.5 Å². The lowest BCUT2D eigenvalue weighted by molar-refractivity contribution is -0.121. The molecule has 7 heteroatoms. The van der Waals surface area contributed by atoms with Crippen molar-refractivity contribution < 1.29 is 19.1 Å². The molecule has 0 bridgehead atoms. The maximum absolute atomic E-state index is 13.2. The van der Waals surface area contributed by atoms with Crippen LogP contribution in [0.4, 0.5) is 5.69 Å². The maximum Gasteiger partial charge on any atom is 0.260 e. The zero-order chi connectivity index (χ0) is 22.7. The first-order chi connectivity index (χ1) is 15.5. The summed E-state index contributed by atoms with van der Waals surface area (Å²) < 4.78 is 10.8. The highest BCUT2D eigenvalue weighted by Crippen LogP contribution is 2.38. The van der Waals surface area contributed by atoms with Gasteiger partial charge in [-0.25, -0.2) is 0 Å². The van der Waals surface area contributed by atoms with Crippen molar-refractivity contribution in [3.05, 3.63) is 83.2 Å². The lowest BCUT2D eigenvalue weighted by atomic mass is 10.1. The number of hydrogen-bond acceptors (Lipinski definition) is 5. The normalized spacial score (nSPS) is 14.8. The van der Waals surface area contributed by atoms with Crippen molar-refractivity contribution in [2.24, 2.45) is 0 Å². The molecule has 1 aromatic heterocycles. The van der Waals surface area contributed by atoms with Gasteiger partial charge in [-0.2, -0.15) is 0 Å². The molecule has 7 nitrogen and oxygen atoms in total. The number of nitrogens with zero attached hydrogens (tertiary/aromatic N) is 2. The van der Waals surface area contributed by atoms with Gasteiger partial charge in [0, 0.05) is 24.0 Å². The maximum atomic E-state index is 13.2. The molecule has 0 radical (unpaired) electrons. The number of pyridine rings is 1. The number of aryl methyl sites for hydroxylation is 1. The van der Waals surface area contributed by atoms with E-state index in [2.05, 4.69) is 10.3 Å². The van der Waals surface area contributed by atoms with E-state index in [9.17, 15) is 9.59 Å². The quantitative estimate of drug-likeness (QED) is 0.615. The van der Waals surface area contributed by atoms with E-state index in [-0.39, 0.29) is 24.8 Å². The average molecular weight is 431 g/mol. The summed E-state index contributed by atoms with van der Waals surface area (Å²) in [4.78, 5) is 32.2. The van der Waals surface area contributed by atoms with Crippen LogP contribution in [0.5, 0.6) is 11.5 Å². The largest absolute Gasteiger partial charge is 0.493 e. The Morgan fingerprint density at radius 2 is 1.91 bits per heavy atom. The van der Waals surface area contributed by atoms with E-state index < -0.39 is 6.04 Å². The molecule has 2 heterocycles. The molecule has 0 unspecified atom stereocenters. The third-order valence-electron chi connectivity index (χ3n) is 5.53. The number of nitrogens with one attached hydrogen (secondary N) is 1. The van der Waals surface area contributed by atoms with Crippen LogP contribution >= 0.6 is 0 Å². The topological polar surface area (TPSA) is 80.8 Å². The van der Waals surface area contributed by atoms with Gasteiger partial charge in [0.05, 0.1) is 37.9 Å². The van der Waals surface area contributed by atoms with Gasteiger partial charge in [0.2, 0.25) is 5.91 Å². The molecule has 3 aromatic rings. The van der Waals surface area contributed by atoms with Crippen LogP contribution in [0.3, 0.4) is 0 Å². The Labute approximate surface area is 187 Å². The number of carbonyl (C=O) groups excluding carboxylic acids is 2. The molecule has 0 saturated carbocycles. The van der Waals surface area contributed by atoms with E-state index in [0.29, 0.717) is 22.8 Å². The molecule has 1 atom stereocenters. The highest BCUT2D eigenvalue weighted by atomic mass is 16.5. The van der Waals surface area contributed by atoms with Crippen molar-refractivity contribution in [3.63, 3.8) is 0 Å². The minimum Gasteiger partial charge on any atom is -0.493 e. The monoisotopic (exact) mass is 431 g/mol. The minimum absolute atomic E-state index is 0.0932. The number of hydrogen-bond donors (Lipinski definition) is 1. The number of fused-ring (bicyclic) bond motifs is 1. The van der Waals surface area contributed by atoms with Crippen LogP contribution in [0.2, 0.25) is 0 Å². The predicted octanol–water partition coefficient (Wildman–Crippen LogP) is 3.82. The fourth-order valence-corrected chi connectivity index (χ4v) is 4.05. The Bertz CT molecular complexity index is 1160. The number of amides is 2. The summed E-state index contributed by atoms with van der Waals surface area (Å²) in [7, 11) is 3.14. The number of para-hydroxylation sites is 1. The summed E-state index contributed by atoms with van der Waals surface area (Å²) in [5.41, 5.74) is 3.74. The molecule has 164 valence electrons. The molecule has 1 aliphatic rings. The molecular formula is C25H25N3O4. The summed E-state index contributed by atoms with van der Waals surface area (Å²) in [6, 6.07) is 16.2. The standard InChI is InChI=1S/C25H25N3O4/c1-16-7-4-9-18(13-16)28-20(23-19(25(28)30)10-6-12-26-23)14-22(29)27-15-17-8-5-11-21(31-2)24(17)32-3/h4-13,20H,14-15H2,1-3H3,(H,27,29)/t20-/m0/s1. The van der Waals surface area contributed by atoms with E-state index in [0.717, 1.165) is 16.8 Å². The number of ether oxygens (including phenoxy) is 2. The lowest BCUT2D eigenvalue weighted by Crippen LogP contribution is -2.33. The Balaban J connectivity index is 1.56. The SMILES string of the molecule is COc1cccc(CNC(=O)C[C@H]2c3ncccc3C(=O)N2c2cccc(C)c2)c1OC. The van der Waals surface area contributed by atoms with E-state index in [1.165, 1.54) is 0 Å². The van der Waals surface area contributed by atoms with Crippen LogP contribution < -0.4 is 19.7 Å². The smallest absolute Gasteiger partial charge is 0.260 e. The van der Waals surface area contributed by atoms with Crippen molar-refractivity contribution in [2.45, 2.75) is 25.9 Å². The van der Waals surface area contributed by atoms with Crippen LogP contribution in [0.1, 0.15) is 39.6 Å². The number of rotatable bonds is 7.